The highest BCUT2D eigenvalue weighted by Crippen LogP contribution is 2.20. The molecule has 3 heteroatoms. The summed E-state index contributed by atoms with van der Waals surface area (Å²) in [7, 11) is 0. The van der Waals surface area contributed by atoms with Gasteiger partial charge in [-0.05, 0) is 42.8 Å². The third-order valence-corrected chi connectivity index (χ3v) is 4.04. The molecule has 0 fully saturated rings. The first-order valence-corrected chi connectivity index (χ1v) is 7.57. The van der Waals surface area contributed by atoms with Crippen LogP contribution in [-0.4, -0.2) is 11.1 Å². The smallest absolute Gasteiger partial charge is 0.0483 e. The number of aromatic nitrogens is 1. The van der Waals surface area contributed by atoms with Crippen molar-refractivity contribution in [1.82, 2.24) is 4.57 Å². The molecule has 1 aromatic heterocycles. The van der Waals surface area contributed by atoms with Crippen molar-refractivity contribution < 1.29 is 0 Å². The normalized spacial score (nSPS) is 10.9. The molecular formula is C17H17BrN2. The molecule has 0 radical (unpaired) electrons. The Hall–Kier alpha value is -1.74. The Morgan fingerprint density at radius 3 is 2.60 bits per heavy atom. The fourth-order valence-corrected chi connectivity index (χ4v) is 2.77. The maximum Gasteiger partial charge on any atom is 0.0483 e. The lowest BCUT2D eigenvalue weighted by molar-refractivity contribution is 0.755. The molecule has 3 aromatic rings. The lowest BCUT2D eigenvalue weighted by Crippen LogP contribution is -2.09. The van der Waals surface area contributed by atoms with Crippen molar-refractivity contribution in [3.8, 4) is 0 Å². The van der Waals surface area contributed by atoms with Gasteiger partial charge in [0, 0.05) is 40.3 Å². The second-order valence-corrected chi connectivity index (χ2v) is 5.87. The third-order valence-electron chi connectivity index (χ3n) is 3.51. The van der Waals surface area contributed by atoms with E-state index in [1.54, 1.807) is 0 Å². The lowest BCUT2D eigenvalue weighted by atomic mass is 10.2. The predicted octanol–water partition coefficient (Wildman–Crippen LogP) is 4.82. The Kier molecular flexibility index (Phi) is 3.79. The van der Waals surface area contributed by atoms with Gasteiger partial charge in [-0.3, -0.25) is 0 Å². The molecule has 0 spiro atoms. The minimum Gasteiger partial charge on any atom is -0.383 e. The zero-order valence-electron chi connectivity index (χ0n) is 11.4. The average molecular weight is 329 g/mol. The van der Waals surface area contributed by atoms with Gasteiger partial charge in [0.15, 0.2) is 0 Å². The van der Waals surface area contributed by atoms with E-state index in [2.05, 4.69) is 87.5 Å². The highest BCUT2D eigenvalue weighted by Gasteiger charge is 2.03. The Morgan fingerprint density at radius 1 is 1.05 bits per heavy atom. The van der Waals surface area contributed by atoms with Crippen LogP contribution >= 0.6 is 15.9 Å². The number of hydrogen-bond donors (Lipinski definition) is 1. The minimum absolute atomic E-state index is 0.916. The van der Waals surface area contributed by atoms with Crippen LogP contribution in [0.4, 0.5) is 5.69 Å². The van der Waals surface area contributed by atoms with Gasteiger partial charge < -0.3 is 9.88 Å². The zero-order valence-corrected chi connectivity index (χ0v) is 13.0. The van der Waals surface area contributed by atoms with Crippen molar-refractivity contribution in [3.63, 3.8) is 0 Å². The summed E-state index contributed by atoms with van der Waals surface area (Å²) in [6, 6.07) is 16.8. The van der Waals surface area contributed by atoms with E-state index in [0.717, 1.165) is 23.2 Å². The second-order valence-electron chi connectivity index (χ2n) is 4.96. The maximum atomic E-state index is 3.45. The molecule has 0 aliphatic rings. The summed E-state index contributed by atoms with van der Waals surface area (Å²) in [4.78, 5) is 0. The standard InChI is InChI=1S/C17H17BrN2/c1-13-12-20(17-5-3-2-4-16(13)17)11-10-19-15-8-6-14(18)7-9-15/h2-9,12,19H,10-11H2,1H3. The molecule has 0 saturated heterocycles. The van der Waals surface area contributed by atoms with E-state index in [0.29, 0.717) is 0 Å². The number of benzene rings is 2. The summed E-state index contributed by atoms with van der Waals surface area (Å²) in [5.74, 6) is 0. The molecule has 0 atom stereocenters. The van der Waals surface area contributed by atoms with E-state index in [1.165, 1.54) is 16.5 Å². The van der Waals surface area contributed by atoms with E-state index >= 15 is 0 Å². The number of nitrogens with zero attached hydrogens (tertiary/aromatic N) is 1. The molecule has 0 aliphatic heterocycles. The second kappa shape index (κ2) is 5.71. The van der Waals surface area contributed by atoms with Gasteiger partial charge in [-0.15, -0.1) is 0 Å². The van der Waals surface area contributed by atoms with Crippen LogP contribution in [-0.2, 0) is 6.54 Å². The summed E-state index contributed by atoms with van der Waals surface area (Å²) in [6.45, 7) is 4.05. The van der Waals surface area contributed by atoms with Crippen LogP contribution in [0, 0.1) is 6.92 Å². The molecular weight excluding hydrogens is 312 g/mol. The maximum absolute atomic E-state index is 3.45. The summed E-state index contributed by atoms with van der Waals surface area (Å²) in [5, 5.41) is 4.80. The first kappa shape index (κ1) is 13.3. The van der Waals surface area contributed by atoms with E-state index in [-0.39, 0.29) is 0 Å². The first-order valence-electron chi connectivity index (χ1n) is 6.78. The molecule has 2 aromatic carbocycles. The van der Waals surface area contributed by atoms with Crippen LogP contribution in [0.3, 0.4) is 0 Å². The Labute approximate surface area is 127 Å². The molecule has 0 saturated carbocycles. The molecule has 0 aliphatic carbocycles. The van der Waals surface area contributed by atoms with Crippen LogP contribution in [0.2, 0.25) is 0 Å². The van der Waals surface area contributed by atoms with E-state index < -0.39 is 0 Å². The number of nitrogens with one attached hydrogen (secondary N) is 1. The fourth-order valence-electron chi connectivity index (χ4n) is 2.50. The quantitative estimate of drug-likeness (QED) is 0.726. The molecule has 1 N–H and O–H groups in total. The number of hydrogen-bond acceptors (Lipinski definition) is 1. The van der Waals surface area contributed by atoms with Crippen LogP contribution in [0.1, 0.15) is 5.56 Å². The molecule has 3 rings (SSSR count). The number of anilines is 1. The summed E-state index contributed by atoms with van der Waals surface area (Å²) >= 11 is 3.45. The van der Waals surface area contributed by atoms with Crippen molar-refractivity contribution in [3.05, 3.63) is 64.8 Å². The molecule has 0 unspecified atom stereocenters. The topological polar surface area (TPSA) is 17.0 Å². The average Bonchev–Trinajstić information content (AvgIpc) is 2.79. The number of rotatable bonds is 4. The van der Waals surface area contributed by atoms with Gasteiger partial charge >= 0.3 is 0 Å². The first-order chi connectivity index (χ1) is 9.74. The van der Waals surface area contributed by atoms with Gasteiger partial charge in [-0.1, -0.05) is 34.1 Å². The predicted molar refractivity (Wildman–Crippen MR) is 89.3 cm³/mol. The van der Waals surface area contributed by atoms with Gasteiger partial charge in [0.2, 0.25) is 0 Å². The molecule has 2 nitrogen and oxygen atoms in total. The summed E-state index contributed by atoms with van der Waals surface area (Å²) < 4.78 is 3.42. The van der Waals surface area contributed by atoms with Crippen molar-refractivity contribution in [2.75, 3.05) is 11.9 Å². The number of aryl methyl sites for hydroxylation is 1. The van der Waals surface area contributed by atoms with E-state index in [1.807, 2.05) is 0 Å². The molecule has 0 bridgehead atoms. The van der Waals surface area contributed by atoms with Crippen LogP contribution in [0.15, 0.2) is 59.2 Å². The highest BCUT2D eigenvalue weighted by atomic mass is 79.9. The Bertz CT molecular complexity index is 713. The SMILES string of the molecule is Cc1cn(CCNc2ccc(Br)cc2)c2ccccc12. The lowest BCUT2D eigenvalue weighted by Gasteiger charge is -2.08. The van der Waals surface area contributed by atoms with E-state index in [9.17, 15) is 0 Å². The third kappa shape index (κ3) is 2.73. The van der Waals surface area contributed by atoms with Crippen molar-refractivity contribution >= 4 is 32.5 Å². The van der Waals surface area contributed by atoms with Crippen LogP contribution < -0.4 is 5.32 Å². The Balaban J connectivity index is 1.70. The van der Waals surface area contributed by atoms with E-state index in [4.69, 9.17) is 0 Å². The Morgan fingerprint density at radius 2 is 1.80 bits per heavy atom. The van der Waals surface area contributed by atoms with Gasteiger partial charge in [-0.2, -0.15) is 0 Å². The number of halogens is 1. The van der Waals surface area contributed by atoms with Crippen molar-refractivity contribution in [2.24, 2.45) is 0 Å². The summed E-state index contributed by atoms with van der Waals surface area (Å²) in [6.07, 6.45) is 2.23. The van der Waals surface area contributed by atoms with Gasteiger partial charge in [0.1, 0.15) is 0 Å². The number of para-hydroxylation sites is 1. The minimum atomic E-state index is 0.916. The number of fused-ring (bicyclic) bond motifs is 1. The van der Waals surface area contributed by atoms with Crippen molar-refractivity contribution in [2.45, 2.75) is 13.5 Å². The molecule has 1 heterocycles. The van der Waals surface area contributed by atoms with Gasteiger partial charge in [0.25, 0.3) is 0 Å². The molecule has 20 heavy (non-hydrogen) atoms. The highest BCUT2D eigenvalue weighted by molar-refractivity contribution is 9.10. The summed E-state index contributed by atoms with van der Waals surface area (Å²) in [5.41, 5.74) is 3.80. The molecule has 0 amide bonds. The zero-order chi connectivity index (χ0) is 13.9. The van der Waals surface area contributed by atoms with Crippen LogP contribution in [0.25, 0.3) is 10.9 Å². The van der Waals surface area contributed by atoms with Crippen molar-refractivity contribution in [1.29, 1.82) is 0 Å². The largest absolute Gasteiger partial charge is 0.383 e. The van der Waals surface area contributed by atoms with Gasteiger partial charge in [0.05, 0.1) is 0 Å². The fraction of sp³-hybridized carbons (Fsp3) is 0.176. The van der Waals surface area contributed by atoms with Crippen LogP contribution in [0.5, 0.6) is 0 Å². The monoisotopic (exact) mass is 328 g/mol. The molecule has 102 valence electrons. The van der Waals surface area contributed by atoms with Gasteiger partial charge in [-0.25, -0.2) is 0 Å².